The van der Waals surface area contributed by atoms with Crippen LogP contribution in [0.1, 0.15) is 35.2 Å². The van der Waals surface area contributed by atoms with E-state index in [0.29, 0.717) is 11.9 Å². The van der Waals surface area contributed by atoms with Crippen LogP contribution in [-0.2, 0) is 4.74 Å². The number of aryl methyl sites for hydroxylation is 1. The molecule has 100 valence electrons. The van der Waals surface area contributed by atoms with Gasteiger partial charge < -0.3 is 19.9 Å². The molecule has 0 amide bonds. The molecule has 2 heterocycles. The molecule has 1 aromatic heterocycles. The fourth-order valence-corrected chi connectivity index (χ4v) is 2.52. The first-order valence-electron chi connectivity index (χ1n) is 6.15. The maximum absolute atomic E-state index is 11.5. The van der Waals surface area contributed by atoms with Gasteiger partial charge in [-0.15, -0.1) is 0 Å². The minimum atomic E-state index is -0.470. The largest absolute Gasteiger partial charge is 0.464 e. The summed E-state index contributed by atoms with van der Waals surface area (Å²) in [5, 5.41) is 0. The van der Waals surface area contributed by atoms with Crippen molar-refractivity contribution in [2.24, 2.45) is 0 Å². The number of aromatic nitrogens is 2. The SMILES string of the molecule is COC(=O)c1nc(C)n(C2CCN(C)CC2)c1N. The van der Waals surface area contributed by atoms with Crippen LogP contribution < -0.4 is 5.73 Å². The number of hydrogen-bond donors (Lipinski definition) is 1. The van der Waals surface area contributed by atoms with E-state index in [1.54, 1.807) is 0 Å². The molecule has 0 bridgehead atoms. The topological polar surface area (TPSA) is 73.4 Å². The molecule has 0 aromatic carbocycles. The fraction of sp³-hybridized carbons (Fsp3) is 0.667. The zero-order valence-corrected chi connectivity index (χ0v) is 11.1. The summed E-state index contributed by atoms with van der Waals surface area (Å²) in [6.07, 6.45) is 2.05. The average molecular weight is 252 g/mol. The number of nitrogens with two attached hydrogens (primary N) is 1. The molecule has 0 radical (unpaired) electrons. The first kappa shape index (κ1) is 12.9. The number of hydrogen-bond acceptors (Lipinski definition) is 5. The molecule has 2 rings (SSSR count). The summed E-state index contributed by atoms with van der Waals surface area (Å²) < 4.78 is 6.66. The highest BCUT2D eigenvalue weighted by atomic mass is 16.5. The lowest BCUT2D eigenvalue weighted by atomic mass is 10.1. The standard InChI is InChI=1S/C12H20N4O2/c1-8-14-10(12(17)18-3)11(13)16(8)9-4-6-15(2)7-5-9/h9H,4-7,13H2,1-3H3. The van der Waals surface area contributed by atoms with E-state index in [-0.39, 0.29) is 5.69 Å². The first-order valence-corrected chi connectivity index (χ1v) is 6.15. The van der Waals surface area contributed by atoms with E-state index in [9.17, 15) is 4.79 Å². The van der Waals surface area contributed by atoms with Crippen LogP contribution in [0.15, 0.2) is 0 Å². The number of nitrogen functional groups attached to an aromatic ring is 1. The van der Waals surface area contributed by atoms with Crippen LogP contribution in [0.3, 0.4) is 0 Å². The van der Waals surface area contributed by atoms with E-state index in [2.05, 4.69) is 21.7 Å². The van der Waals surface area contributed by atoms with Gasteiger partial charge in [-0.3, -0.25) is 0 Å². The zero-order valence-electron chi connectivity index (χ0n) is 11.1. The molecule has 6 nitrogen and oxygen atoms in total. The lowest BCUT2D eigenvalue weighted by molar-refractivity contribution is 0.0595. The number of imidazole rings is 1. The number of rotatable bonds is 2. The van der Waals surface area contributed by atoms with E-state index in [0.717, 1.165) is 31.8 Å². The number of piperidine rings is 1. The van der Waals surface area contributed by atoms with Crippen molar-refractivity contribution in [3.8, 4) is 0 Å². The number of methoxy groups -OCH3 is 1. The predicted molar refractivity (Wildman–Crippen MR) is 68.5 cm³/mol. The molecular formula is C12H20N4O2. The van der Waals surface area contributed by atoms with E-state index in [1.165, 1.54) is 7.11 Å². The summed E-state index contributed by atoms with van der Waals surface area (Å²) >= 11 is 0. The zero-order chi connectivity index (χ0) is 13.3. The van der Waals surface area contributed by atoms with Crippen molar-refractivity contribution < 1.29 is 9.53 Å². The van der Waals surface area contributed by atoms with Crippen molar-refractivity contribution in [1.29, 1.82) is 0 Å². The van der Waals surface area contributed by atoms with Crippen molar-refractivity contribution in [2.75, 3.05) is 33.0 Å². The van der Waals surface area contributed by atoms with Crippen molar-refractivity contribution >= 4 is 11.8 Å². The molecule has 0 atom stereocenters. The number of carbonyl (C=O) groups excluding carboxylic acids is 1. The van der Waals surface area contributed by atoms with E-state index in [1.807, 2.05) is 11.5 Å². The Morgan fingerprint density at radius 2 is 2.06 bits per heavy atom. The van der Waals surface area contributed by atoms with Gasteiger partial charge in [0.1, 0.15) is 11.6 Å². The summed E-state index contributed by atoms with van der Waals surface area (Å²) in [5.74, 6) is 0.735. The molecule has 18 heavy (non-hydrogen) atoms. The second kappa shape index (κ2) is 4.97. The number of anilines is 1. The van der Waals surface area contributed by atoms with Gasteiger partial charge in [-0.25, -0.2) is 9.78 Å². The van der Waals surface area contributed by atoms with Gasteiger partial charge in [0.15, 0.2) is 5.69 Å². The van der Waals surface area contributed by atoms with Crippen LogP contribution in [-0.4, -0.2) is 47.7 Å². The first-order chi connectivity index (χ1) is 8.54. The van der Waals surface area contributed by atoms with Crippen LogP contribution in [0.2, 0.25) is 0 Å². The normalized spacial score (nSPS) is 17.9. The third-order valence-corrected chi connectivity index (χ3v) is 3.56. The van der Waals surface area contributed by atoms with Crippen LogP contribution in [0.4, 0.5) is 5.82 Å². The van der Waals surface area contributed by atoms with Gasteiger partial charge in [-0.05, 0) is 39.9 Å². The van der Waals surface area contributed by atoms with Gasteiger partial charge in [0.05, 0.1) is 7.11 Å². The van der Waals surface area contributed by atoms with Crippen molar-refractivity contribution in [3.63, 3.8) is 0 Å². The average Bonchev–Trinajstić information content (AvgIpc) is 2.65. The minimum absolute atomic E-state index is 0.230. The second-order valence-electron chi connectivity index (χ2n) is 4.79. The number of nitrogens with zero attached hydrogens (tertiary/aromatic N) is 3. The summed E-state index contributed by atoms with van der Waals surface area (Å²) in [4.78, 5) is 18.1. The fourth-order valence-electron chi connectivity index (χ4n) is 2.52. The Hall–Kier alpha value is -1.56. The highest BCUT2D eigenvalue weighted by Crippen LogP contribution is 2.28. The second-order valence-corrected chi connectivity index (χ2v) is 4.79. The van der Waals surface area contributed by atoms with Crippen LogP contribution in [0.25, 0.3) is 0 Å². The molecule has 1 saturated heterocycles. The molecule has 0 spiro atoms. The molecule has 1 aliphatic rings. The van der Waals surface area contributed by atoms with Crippen LogP contribution >= 0.6 is 0 Å². The summed E-state index contributed by atoms with van der Waals surface area (Å²) in [6, 6.07) is 0.326. The number of esters is 1. The number of ether oxygens (including phenoxy) is 1. The van der Waals surface area contributed by atoms with Crippen molar-refractivity contribution in [2.45, 2.75) is 25.8 Å². The van der Waals surface area contributed by atoms with E-state index < -0.39 is 5.97 Å². The molecule has 1 fully saturated rings. The number of carbonyl (C=O) groups is 1. The molecular weight excluding hydrogens is 232 g/mol. The molecule has 1 aromatic rings. The Balaban J connectivity index is 2.28. The summed E-state index contributed by atoms with van der Waals surface area (Å²) in [5.41, 5.74) is 6.26. The molecule has 1 aliphatic heterocycles. The van der Waals surface area contributed by atoms with Gasteiger partial charge in [0.2, 0.25) is 0 Å². The smallest absolute Gasteiger partial charge is 0.360 e. The Morgan fingerprint density at radius 3 is 2.61 bits per heavy atom. The van der Waals surface area contributed by atoms with Crippen LogP contribution in [0, 0.1) is 6.92 Å². The third kappa shape index (κ3) is 2.20. The summed E-state index contributed by atoms with van der Waals surface area (Å²) in [7, 11) is 3.45. The van der Waals surface area contributed by atoms with E-state index >= 15 is 0 Å². The summed E-state index contributed by atoms with van der Waals surface area (Å²) in [6.45, 7) is 3.95. The Bertz CT molecular complexity index is 447. The van der Waals surface area contributed by atoms with Crippen molar-refractivity contribution in [1.82, 2.24) is 14.5 Å². The van der Waals surface area contributed by atoms with Gasteiger partial charge in [0.25, 0.3) is 0 Å². The van der Waals surface area contributed by atoms with Gasteiger partial charge in [-0.1, -0.05) is 0 Å². The van der Waals surface area contributed by atoms with Crippen LogP contribution in [0.5, 0.6) is 0 Å². The third-order valence-electron chi connectivity index (χ3n) is 3.56. The van der Waals surface area contributed by atoms with E-state index in [4.69, 9.17) is 5.73 Å². The van der Waals surface area contributed by atoms with Gasteiger partial charge in [0, 0.05) is 6.04 Å². The number of likely N-dealkylation sites (tertiary alicyclic amines) is 1. The lowest BCUT2D eigenvalue weighted by Gasteiger charge is -2.30. The molecule has 2 N–H and O–H groups in total. The van der Waals surface area contributed by atoms with Gasteiger partial charge >= 0.3 is 5.97 Å². The molecule has 0 saturated carbocycles. The van der Waals surface area contributed by atoms with Crippen molar-refractivity contribution in [3.05, 3.63) is 11.5 Å². The highest BCUT2D eigenvalue weighted by Gasteiger charge is 2.26. The Kier molecular flexibility index (Phi) is 3.56. The maximum Gasteiger partial charge on any atom is 0.360 e. The maximum atomic E-state index is 11.5. The lowest BCUT2D eigenvalue weighted by Crippen LogP contribution is -2.32. The Labute approximate surface area is 107 Å². The molecule has 0 aliphatic carbocycles. The molecule has 0 unspecified atom stereocenters. The monoisotopic (exact) mass is 252 g/mol. The Morgan fingerprint density at radius 1 is 1.44 bits per heavy atom. The predicted octanol–water partition coefficient (Wildman–Crippen LogP) is 0.827. The minimum Gasteiger partial charge on any atom is -0.464 e. The van der Waals surface area contributed by atoms with Gasteiger partial charge in [-0.2, -0.15) is 0 Å². The quantitative estimate of drug-likeness (QED) is 0.789. The highest BCUT2D eigenvalue weighted by molar-refractivity contribution is 5.92. The molecule has 6 heteroatoms.